The Bertz CT molecular complexity index is 809. The lowest BCUT2D eigenvalue weighted by Crippen LogP contribution is -2.46. The highest BCUT2D eigenvalue weighted by atomic mass is 32.1. The zero-order chi connectivity index (χ0) is 20.2. The molecule has 0 radical (unpaired) electrons. The highest BCUT2D eigenvalue weighted by Crippen LogP contribution is 2.29. The second kappa shape index (κ2) is 9.23. The van der Waals surface area contributed by atoms with Crippen LogP contribution in [0.1, 0.15) is 24.2 Å². The molecule has 1 N–H and O–H groups in total. The average molecular weight is 419 g/mol. The van der Waals surface area contributed by atoms with Crippen LogP contribution in [0.5, 0.6) is 0 Å². The number of carbonyl (C=O) groups excluding carboxylic acids is 1. The van der Waals surface area contributed by atoms with E-state index in [-0.39, 0.29) is 11.8 Å². The molecule has 0 saturated carbocycles. The maximum atomic E-state index is 12.7. The molecule has 0 bridgehead atoms. The molecule has 0 unspecified atom stereocenters. The molecule has 29 heavy (non-hydrogen) atoms. The highest BCUT2D eigenvalue weighted by Gasteiger charge is 2.28. The van der Waals surface area contributed by atoms with Crippen molar-refractivity contribution in [3.63, 3.8) is 0 Å². The van der Waals surface area contributed by atoms with E-state index in [0.717, 1.165) is 73.9 Å². The fourth-order valence-electron chi connectivity index (χ4n) is 4.07. The minimum absolute atomic E-state index is 0.0100. The first-order valence-corrected chi connectivity index (χ1v) is 11.2. The summed E-state index contributed by atoms with van der Waals surface area (Å²) in [5.74, 6) is 0.167. The van der Waals surface area contributed by atoms with E-state index in [2.05, 4.69) is 55.9 Å². The van der Waals surface area contributed by atoms with Gasteiger partial charge in [0.15, 0.2) is 0 Å². The normalized spacial score (nSPS) is 20.8. The number of amides is 1. The van der Waals surface area contributed by atoms with Gasteiger partial charge in [0.05, 0.1) is 19.1 Å². The molecule has 1 amide bonds. The SMILES string of the molecule is Cc1ccc(C)n1-c1nnc(N2CCC[C@H](C(=O)NCCN3CCOCC3)C2)s1. The molecule has 0 spiro atoms. The molecule has 2 aromatic rings. The van der Waals surface area contributed by atoms with E-state index >= 15 is 0 Å². The van der Waals surface area contributed by atoms with Gasteiger partial charge in [-0.25, -0.2) is 0 Å². The Balaban J connectivity index is 1.32. The third kappa shape index (κ3) is 4.79. The molecule has 0 aliphatic carbocycles. The van der Waals surface area contributed by atoms with Crippen LogP contribution in [-0.4, -0.2) is 78.1 Å². The number of rotatable bonds is 6. The Morgan fingerprint density at radius 3 is 2.66 bits per heavy atom. The summed E-state index contributed by atoms with van der Waals surface area (Å²) in [4.78, 5) is 17.2. The van der Waals surface area contributed by atoms with Crippen molar-refractivity contribution in [1.29, 1.82) is 0 Å². The van der Waals surface area contributed by atoms with E-state index in [4.69, 9.17) is 4.74 Å². The fraction of sp³-hybridized carbons (Fsp3) is 0.650. The molecule has 2 fully saturated rings. The van der Waals surface area contributed by atoms with Gasteiger partial charge in [0.25, 0.3) is 0 Å². The molecule has 2 saturated heterocycles. The van der Waals surface area contributed by atoms with Gasteiger partial charge in [0.1, 0.15) is 0 Å². The number of anilines is 1. The number of hydrogen-bond donors (Lipinski definition) is 1. The number of aromatic nitrogens is 3. The van der Waals surface area contributed by atoms with Crippen LogP contribution in [-0.2, 0) is 9.53 Å². The van der Waals surface area contributed by atoms with Gasteiger partial charge in [-0.15, -0.1) is 10.2 Å². The van der Waals surface area contributed by atoms with E-state index in [1.54, 1.807) is 11.3 Å². The van der Waals surface area contributed by atoms with Crippen LogP contribution in [0.4, 0.5) is 5.13 Å². The molecule has 4 heterocycles. The number of piperidine rings is 1. The maximum absolute atomic E-state index is 12.7. The molecule has 1 atom stereocenters. The lowest BCUT2D eigenvalue weighted by Gasteiger charge is -2.32. The summed E-state index contributed by atoms with van der Waals surface area (Å²) in [6.45, 7) is 10.9. The van der Waals surface area contributed by atoms with Crippen LogP contribution in [0, 0.1) is 19.8 Å². The molecule has 158 valence electrons. The minimum atomic E-state index is 0.0100. The molecular formula is C20H30N6O2S. The van der Waals surface area contributed by atoms with Crippen molar-refractivity contribution >= 4 is 22.4 Å². The van der Waals surface area contributed by atoms with Crippen LogP contribution in [0.2, 0.25) is 0 Å². The van der Waals surface area contributed by atoms with Crippen molar-refractivity contribution < 1.29 is 9.53 Å². The minimum Gasteiger partial charge on any atom is -0.379 e. The zero-order valence-electron chi connectivity index (χ0n) is 17.3. The van der Waals surface area contributed by atoms with E-state index in [0.29, 0.717) is 13.1 Å². The summed E-state index contributed by atoms with van der Waals surface area (Å²) in [6, 6.07) is 4.18. The monoisotopic (exact) mass is 418 g/mol. The number of ether oxygens (including phenoxy) is 1. The standard InChI is InChI=1S/C20H30N6O2S/c1-15-5-6-16(2)26(15)20-23-22-19(29-20)25-8-3-4-17(14-25)18(27)21-7-9-24-10-12-28-13-11-24/h5-6,17H,3-4,7-14H2,1-2H3,(H,21,27)/t17-/m0/s1. The van der Waals surface area contributed by atoms with Gasteiger partial charge in [-0.3, -0.25) is 14.3 Å². The van der Waals surface area contributed by atoms with E-state index in [9.17, 15) is 4.79 Å². The van der Waals surface area contributed by atoms with Crippen molar-refractivity contribution in [1.82, 2.24) is 25.0 Å². The van der Waals surface area contributed by atoms with Gasteiger partial charge in [-0.1, -0.05) is 11.3 Å². The number of nitrogens with one attached hydrogen (secondary N) is 1. The Morgan fingerprint density at radius 2 is 1.90 bits per heavy atom. The van der Waals surface area contributed by atoms with E-state index in [1.165, 1.54) is 0 Å². The van der Waals surface area contributed by atoms with Crippen molar-refractivity contribution in [3.8, 4) is 5.13 Å². The first-order valence-electron chi connectivity index (χ1n) is 10.4. The van der Waals surface area contributed by atoms with Crippen molar-refractivity contribution in [2.75, 3.05) is 57.4 Å². The summed E-state index contributed by atoms with van der Waals surface area (Å²) in [6.07, 6.45) is 1.93. The number of morpholine rings is 1. The Morgan fingerprint density at radius 1 is 1.17 bits per heavy atom. The summed E-state index contributed by atoms with van der Waals surface area (Å²) in [7, 11) is 0. The van der Waals surface area contributed by atoms with Crippen LogP contribution in [0.25, 0.3) is 5.13 Å². The van der Waals surface area contributed by atoms with Crippen LogP contribution in [0.15, 0.2) is 12.1 Å². The summed E-state index contributed by atoms with van der Waals surface area (Å²) < 4.78 is 7.49. The molecule has 2 aliphatic heterocycles. The Kier molecular flexibility index (Phi) is 6.46. The first kappa shape index (κ1) is 20.3. The second-order valence-electron chi connectivity index (χ2n) is 7.85. The van der Waals surface area contributed by atoms with Crippen molar-refractivity contribution in [2.45, 2.75) is 26.7 Å². The van der Waals surface area contributed by atoms with Gasteiger partial charge >= 0.3 is 0 Å². The van der Waals surface area contributed by atoms with Gasteiger partial charge < -0.3 is 15.0 Å². The van der Waals surface area contributed by atoms with Crippen LogP contribution < -0.4 is 10.2 Å². The average Bonchev–Trinajstić information content (AvgIpc) is 3.35. The summed E-state index contributed by atoms with van der Waals surface area (Å²) in [5.41, 5.74) is 2.31. The van der Waals surface area contributed by atoms with Crippen molar-refractivity contribution in [2.24, 2.45) is 5.92 Å². The maximum Gasteiger partial charge on any atom is 0.224 e. The van der Waals surface area contributed by atoms with Crippen molar-refractivity contribution in [3.05, 3.63) is 23.5 Å². The number of carbonyl (C=O) groups is 1. The van der Waals surface area contributed by atoms with Gasteiger partial charge in [0.2, 0.25) is 16.2 Å². The number of hydrogen-bond acceptors (Lipinski definition) is 7. The Labute approximate surface area is 175 Å². The highest BCUT2D eigenvalue weighted by molar-refractivity contribution is 7.17. The second-order valence-corrected chi connectivity index (χ2v) is 8.78. The number of aryl methyl sites for hydroxylation is 2. The van der Waals surface area contributed by atoms with E-state index < -0.39 is 0 Å². The quantitative estimate of drug-likeness (QED) is 0.768. The largest absolute Gasteiger partial charge is 0.379 e. The first-order chi connectivity index (χ1) is 14.1. The summed E-state index contributed by atoms with van der Waals surface area (Å²) in [5, 5.41) is 13.7. The van der Waals surface area contributed by atoms with Crippen LogP contribution >= 0.6 is 11.3 Å². The number of nitrogens with zero attached hydrogens (tertiary/aromatic N) is 5. The van der Waals surface area contributed by atoms with Gasteiger partial charge in [-0.2, -0.15) is 0 Å². The molecule has 9 heteroatoms. The van der Waals surface area contributed by atoms with Gasteiger partial charge in [0, 0.05) is 50.7 Å². The third-order valence-corrected chi connectivity index (χ3v) is 6.73. The predicted molar refractivity (Wildman–Crippen MR) is 114 cm³/mol. The van der Waals surface area contributed by atoms with Crippen LogP contribution in [0.3, 0.4) is 0 Å². The predicted octanol–water partition coefficient (Wildman–Crippen LogP) is 1.61. The lowest BCUT2D eigenvalue weighted by atomic mass is 9.97. The summed E-state index contributed by atoms with van der Waals surface area (Å²) >= 11 is 1.59. The molecule has 8 nitrogen and oxygen atoms in total. The molecular weight excluding hydrogens is 388 g/mol. The molecule has 2 aromatic heterocycles. The van der Waals surface area contributed by atoms with Gasteiger partial charge in [-0.05, 0) is 38.8 Å². The van der Waals surface area contributed by atoms with E-state index in [1.807, 2.05) is 0 Å². The molecule has 2 aliphatic rings. The smallest absolute Gasteiger partial charge is 0.224 e. The lowest BCUT2D eigenvalue weighted by molar-refractivity contribution is -0.125. The zero-order valence-corrected chi connectivity index (χ0v) is 18.1. The fourth-order valence-corrected chi connectivity index (χ4v) is 5.07. The third-order valence-electron chi connectivity index (χ3n) is 5.76. The Hall–Kier alpha value is -1.97. The molecule has 0 aromatic carbocycles. The topological polar surface area (TPSA) is 75.5 Å². The molecule has 4 rings (SSSR count).